The Morgan fingerprint density at radius 2 is 1.91 bits per heavy atom. The fourth-order valence-corrected chi connectivity index (χ4v) is 5.36. The highest BCUT2D eigenvalue weighted by atomic mass is 32.2. The quantitative estimate of drug-likeness (QED) is 0.393. The molecule has 0 aliphatic heterocycles. The smallest absolute Gasteiger partial charge is 0.262 e. The number of hydrogen-bond acceptors (Lipinski definition) is 5. The molecular formula is C26H31N3O3S. The van der Waals surface area contributed by atoms with Gasteiger partial charge >= 0.3 is 0 Å². The lowest BCUT2D eigenvalue weighted by molar-refractivity contribution is -0.119. The number of nitrogens with zero attached hydrogens (tertiary/aromatic N) is 2. The van der Waals surface area contributed by atoms with Gasteiger partial charge in [0, 0.05) is 7.11 Å². The summed E-state index contributed by atoms with van der Waals surface area (Å²) < 4.78 is 6.91. The van der Waals surface area contributed by atoms with Gasteiger partial charge in [0.25, 0.3) is 5.56 Å². The van der Waals surface area contributed by atoms with Crippen molar-refractivity contribution in [2.45, 2.75) is 56.8 Å². The minimum atomic E-state index is -0.195. The van der Waals surface area contributed by atoms with Crippen molar-refractivity contribution in [3.63, 3.8) is 0 Å². The largest absolute Gasteiger partial charge is 0.383 e. The number of hydrogen-bond donors (Lipinski definition) is 1. The van der Waals surface area contributed by atoms with E-state index in [1.807, 2.05) is 32.0 Å². The number of aryl methyl sites for hydroxylation is 2. The van der Waals surface area contributed by atoms with Crippen molar-refractivity contribution in [2.75, 3.05) is 19.5 Å². The zero-order valence-electron chi connectivity index (χ0n) is 19.5. The first-order chi connectivity index (χ1) is 16.0. The highest BCUT2D eigenvalue weighted by Gasteiger charge is 2.19. The summed E-state index contributed by atoms with van der Waals surface area (Å²) in [5, 5.41) is 4.19. The molecule has 1 amide bonds. The number of amides is 1. The van der Waals surface area contributed by atoms with Crippen LogP contribution in [0, 0.1) is 0 Å². The molecule has 0 saturated carbocycles. The first kappa shape index (κ1) is 23.5. The predicted octanol–water partition coefficient (Wildman–Crippen LogP) is 4.45. The van der Waals surface area contributed by atoms with E-state index in [-0.39, 0.29) is 29.3 Å². The number of nitrogens with one attached hydrogen (secondary N) is 1. The number of rotatable bonds is 8. The molecule has 2 atom stereocenters. The molecule has 4 rings (SSSR count). The monoisotopic (exact) mass is 465 g/mol. The molecule has 6 nitrogen and oxygen atoms in total. The van der Waals surface area contributed by atoms with Gasteiger partial charge in [-0.1, -0.05) is 42.1 Å². The second-order valence-electron chi connectivity index (χ2n) is 8.70. The summed E-state index contributed by atoms with van der Waals surface area (Å²) in [6, 6.07) is 13.6. The maximum Gasteiger partial charge on any atom is 0.262 e. The van der Waals surface area contributed by atoms with E-state index in [2.05, 4.69) is 28.5 Å². The molecule has 174 valence electrons. The Bertz CT molecular complexity index is 1210. The standard InChI is InChI=1S/C26H31N3O3S/c1-17(15-32-3)29-25(31)22-10-6-7-11-23(22)28-26(29)33-16-24(30)27-18(2)20-13-12-19-8-4-5-9-21(19)14-20/h6-7,10-14,17-18H,4-5,8-9,15-16H2,1-3H3,(H,27,30)/t17-,18+/m0/s1. The summed E-state index contributed by atoms with van der Waals surface area (Å²) in [7, 11) is 1.61. The van der Waals surface area contributed by atoms with Gasteiger partial charge in [-0.3, -0.25) is 14.2 Å². The SMILES string of the molecule is COC[C@H](C)n1c(SCC(=O)N[C@H](C)c2ccc3c(c2)CCCC3)nc2ccccc2c1=O. The normalized spacial score (nSPS) is 15.1. The molecule has 0 spiro atoms. The minimum absolute atomic E-state index is 0.0792. The second kappa shape index (κ2) is 10.5. The van der Waals surface area contributed by atoms with Gasteiger partial charge in [0.05, 0.1) is 35.3 Å². The van der Waals surface area contributed by atoms with Crippen molar-refractivity contribution in [2.24, 2.45) is 0 Å². The number of thioether (sulfide) groups is 1. The molecule has 0 bridgehead atoms. The molecule has 0 radical (unpaired) electrons. The number of aromatic nitrogens is 2. The van der Waals surface area contributed by atoms with Gasteiger partial charge in [0.1, 0.15) is 0 Å². The summed E-state index contributed by atoms with van der Waals surface area (Å²) in [5.41, 5.74) is 4.49. The van der Waals surface area contributed by atoms with Gasteiger partial charge in [-0.05, 0) is 68.4 Å². The molecular weight excluding hydrogens is 434 g/mol. The van der Waals surface area contributed by atoms with Gasteiger partial charge in [-0.25, -0.2) is 4.98 Å². The van der Waals surface area contributed by atoms with Crippen LogP contribution < -0.4 is 10.9 Å². The summed E-state index contributed by atoms with van der Waals surface area (Å²) in [4.78, 5) is 30.6. The third-order valence-electron chi connectivity index (χ3n) is 6.21. The zero-order valence-corrected chi connectivity index (χ0v) is 20.3. The number of methoxy groups -OCH3 is 1. The van der Waals surface area contributed by atoms with Crippen LogP contribution in [0.25, 0.3) is 10.9 Å². The van der Waals surface area contributed by atoms with E-state index in [1.165, 1.54) is 35.7 Å². The highest BCUT2D eigenvalue weighted by Crippen LogP contribution is 2.25. The van der Waals surface area contributed by atoms with Crippen LogP contribution in [-0.4, -0.2) is 34.9 Å². The Kier molecular flexibility index (Phi) is 7.50. The van der Waals surface area contributed by atoms with Crippen molar-refractivity contribution >= 4 is 28.6 Å². The van der Waals surface area contributed by atoms with Crippen LogP contribution in [0.4, 0.5) is 0 Å². The fourth-order valence-electron chi connectivity index (χ4n) is 4.45. The van der Waals surface area contributed by atoms with Gasteiger partial charge in [0.2, 0.25) is 5.91 Å². The topological polar surface area (TPSA) is 73.2 Å². The Labute approximate surface area is 198 Å². The second-order valence-corrected chi connectivity index (χ2v) is 9.65. The maximum absolute atomic E-state index is 13.1. The average molecular weight is 466 g/mol. The average Bonchev–Trinajstić information content (AvgIpc) is 2.82. The molecule has 0 fully saturated rings. The van der Waals surface area contributed by atoms with Crippen molar-refractivity contribution in [3.8, 4) is 0 Å². The third-order valence-corrected chi connectivity index (χ3v) is 7.16. The summed E-state index contributed by atoms with van der Waals surface area (Å²) in [6.07, 6.45) is 4.75. The third kappa shape index (κ3) is 5.31. The Morgan fingerprint density at radius 3 is 2.70 bits per heavy atom. The minimum Gasteiger partial charge on any atom is -0.383 e. The Morgan fingerprint density at radius 1 is 1.15 bits per heavy atom. The predicted molar refractivity (Wildman–Crippen MR) is 133 cm³/mol. The van der Waals surface area contributed by atoms with Gasteiger partial charge in [-0.15, -0.1) is 0 Å². The van der Waals surface area contributed by atoms with Crippen LogP contribution in [0.5, 0.6) is 0 Å². The Hall–Kier alpha value is -2.64. The molecule has 7 heteroatoms. The molecule has 0 saturated heterocycles. The molecule has 1 aromatic heterocycles. The summed E-state index contributed by atoms with van der Waals surface area (Å²) in [5.74, 6) is 0.0957. The van der Waals surface area contributed by atoms with E-state index in [0.29, 0.717) is 22.7 Å². The van der Waals surface area contributed by atoms with Crippen LogP contribution >= 0.6 is 11.8 Å². The first-order valence-corrected chi connectivity index (χ1v) is 12.5. The lowest BCUT2D eigenvalue weighted by atomic mass is 9.89. The molecule has 1 heterocycles. The van der Waals surface area contributed by atoms with Crippen molar-refractivity contribution in [3.05, 3.63) is 69.5 Å². The summed E-state index contributed by atoms with van der Waals surface area (Å²) >= 11 is 1.28. The van der Waals surface area contributed by atoms with E-state index in [1.54, 1.807) is 17.7 Å². The molecule has 0 unspecified atom stereocenters. The molecule has 2 aromatic carbocycles. The van der Waals surface area contributed by atoms with Crippen LogP contribution in [0.3, 0.4) is 0 Å². The van der Waals surface area contributed by atoms with Crippen LogP contribution in [-0.2, 0) is 22.4 Å². The number of carbonyl (C=O) groups excluding carboxylic acids is 1. The van der Waals surface area contributed by atoms with E-state index >= 15 is 0 Å². The van der Waals surface area contributed by atoms with Crippen molar-refractivity contribution < 1.29 is 9.53 Å². The van der Waals surface area contributed by atoms with E-state index in [9.17, 15) is 9.59 Å². The van der Waals surface area contributed by atoms with E-state index < -0.39 is 0 Å². The van der Waals surface area contributed by atoms with Crippen LogP contribution in [0.1, 0.15) is 55.5 Å². The fraction of sp³-hybridized carbons (Fsp3) is 0.423. The van der Waals surface area contributed by atoms with Crippen molar-refractivity contribution in [1.29, 1.82) is 0 Å². The van der Waals surface area contributed by atoms with Gasteiger partial charge < -0.3 is 10.1 Å². The lowest BCUT2D eigenvalue weighted by Gasteiger charge is -2.21. The van der Waals surface area contributed by atoms with Crippen LogP contribution in [0.2, 0.25) is 0 Å². The maximum atomic E-state index is 13.1. The van der Waals surface area contributed by atoms with Crippen LogP contribution in [0.15, 0.2) is 52.4 Å². The number of fused-ring (bicyclic) bond motifs is 2. The molecule has 1 N–H and O–H groups in total. The number of ether oxygens (including phenoxy) is 1. The molecule has 3 aromatic rings. The summed E-state index contributed by atoms with van der Waals surface area (Å²) in [6.45, 7) is 4.32. The number of benzene rings is 2. The lowest BCUT2D eigenvalue weighted by Crippen LogP contribution is -2.30. The van der Waals surface area contributed by atoms with E-state index in [4.69, 9.17) is 4.74 Å². The highest BCUT2D eigenvalue weighted by molar-refractivity contribution is 7.99. The van der Waals surface area contributed by atoms with Gasteiger partial charge in [0.15, 0.2) is 5.16 Å². The zero-order chi connectivity index (χ0) is 23.4. The molecule has 1 aliphatic rings. The number of carbonyl (C=O) groups is 1. The number of para-hydroxylation sites is 1. The van der Waals surface area contributed by atoms with E-state index in [0.717, 1.165) is 18.4 Å². The first-order valence-electron chi connectivity index (χ1n) is 11.5. The van der Waals surface area contributed by atoms with Gasteiger partial charge in [-0.2, -0.15) is 0 Å². The molecule has 1 aliphatic carbocycles. The van der Waals surface area contributed by atoms with Crippen molar-refractivity contribution in [1.82, 2.24) is 14.9 Å². The molecule has 33 heavy (non-hydrogen) atoms. The Balaban J connectivity index is 1.49.